The number of thiophene rings is 1. The monoisotopic (exact) mass is 892 g/mol. The van der Waals surface area contributed by atoms with Crippen LogP contribution in [0.1, 0.15) is 106 Å². The van der Waals surface area contributed by atoms with Crippen molar-refractivity contribution in [3.05, 3.63) is 64.5 Å². The van der Waals surface area contributed by atoms with Crippen LogP contribution >= 0.6 is 42.5 Å². The minimum absolute atomic E-state index is 0.0134. The number of fused-ring (bicyclic) bond motifs is 2. The topological polar surface area (TPSA) is 135 Å². The quantitative estimate of drug-likeness (QED) is 0.116. The number of aromatic nitrogens is 1. The van der Waals surface area contributed by atoms with Crippen molar-refractivity contribution in [2.45, 2.75) is 104 Å². The summed E-state index contributed by atoms with van der Waals surface area (Å²) >= 11 is 3.23. The molecule has 17 heteroatoms. The molecular formula is C42H55F2N4O7PS3. The Bertz CT molecular complexity index is 2030. The van der Waals surface area contributed by atoms with Crippen LogP contribution in [-0.2, 0) is 28.0 Å². The standard InChI is InChI=1S/C42H55F2N4O7PS3/c1-41(2,3)39(51)57-18-16-54-56(53,55-17-19-58-40(52)42(4,5)6)36(44)26-10-13-34-27(20-26)21-35(59-34)37(49)46-33-9-7-8-29-11-12-30(48(29)38(33)50)25-47-23-28(24-47)31-22-45-15-14-32(31)43/h10,13-15,20-22,28-30,33,36H,7-9,11-12,16-19,23-25H2,1-6H3,(H,46,49)/t29?,30-,33-,36?/m0/s1. The second kappa shape index (κ2) is 19.1. The summed E-state index contributed by atoms with van der Waals surface area (Å²) in [4.78, 5) is 61.3. The number of alkyl halides is 1. The lowest BCUT2D eigenvalue weighted by molar-refractivity contribution is -0.136. The van der Waals surface area contributed by atoms with Crippen molar-refractivity contribution in [1.82, 2.24) is 20.1 Å². The summed E-state index contributed by atoms with van der Waals surface area (Å²) in [6.45, 7) is 12.4. The van der Waals surface area contributed by atoms with E-state index < -0.39 is 36.3 Å². The Hall–Kier alpha value is -2.72. The molecule has 0 saturated carbocycles. The fraction of sp³-hybridized carbons (Fsp3) is 0.595. The maximum absolute atomic E-state index is 16.4. The summed E-state index contributed by atoms with van der Waals surface area (Å²) < 4.78 is 56.7. The first-order valence-corrected chi connectivity index (χ1v) is 24.6. The normalized spacial score (nSPS) is 21.3. The van der Waals surface area contributed by atoms with Gasteiger partial charge in [-0.2, -0.15) is 0 Å². The van der Waals surface area contributed by atoms with Crippen LogP contribution in [0.2, 0.25) is 0 Å². The molecule has 3 aromatic rings. The van der Waals surface area contributed by atoms with E-state index in [0.717, 1.165) is 49.2 Å². The predicted octanol–water partition coefficient (Wildman–Crippen LogP) is 8.98. The number of likely N-dealkylation sites (tertiary alicyclic amines) is 1. The molecule has 3 aliphatic heterocycles. The molecule has 1 aromatic carbocycles. The third kappa shape index (κ3) is 11.2. The predicted molar refractivity (Wildman–Crippen MR) is 231 cm³/mol. The molecule has 2 aromatic heterocycles. The van der Waals surface area contributed by atoms with Gasteiger partial charge < -0.3 is 19.3 Å². The second-order valence-corrected chi connectivity index (χ2v) is 22.9. The number of halogens is 2. The van der Waals surface area contributed by atoms with Gasteiger partial charge in [0.1, 0.15) is 11.9 Å². The summed E-state index contributed by atoms with van der Waals surface area (Å²) in [6.07, 6.45) is 7.02. The van der Waals surface area contributed by atoms with Gasteiger partial charge in [-0.05, 0) is 67.3 Å². The van der Waals surface area contributed by atoms with Gasteiger partial charge >= 0.3 is 7.60 Å². The van der Waals surface area contributed by atoms with Crippen LogP contribution in [0, 0.1) is 16.6 Å². The molecule has 1 N–H and O–H groups in total. The Labute approximate surface area is 358 Å². The summed E-state index contributed by atoms with van der Waals surface area (Å²) in [7, 11) is -4.45. The number of rotatable bonds is 15. The molecule has 4 atom stereocenters. The lowest BCUT2D eigenvalue weighted by Gasteiger charge is -2.43. The van der Waals surface area contributed by atoms with E-state index in [-0.39, 0.29) is 70.2 Å². The Kier molecular flexibility index (Phi) is 14.8. The fourth-order valence-electron chi connectivity index (χ4n) is 7.62. The van der Waals surface area contributed by atoms with Crippen molar-refractivity contribution < 1.29 is 41.6 Å². The first-order valence-electron chi connectivity index (χ1n) is 20.2. The van der Waals surface area contributed by atoms with Crippen LogP contribution in [0.25, 0.3) is 10.1 Å². The summed E-state index contributed by atoms with van der Waals surface area (Å²) in [5, 5.41) is 3.38. The van der Waals surface area contributed by atoms with Crippen LogP contribution in [-0.4, -0.2) is 99.3 Å². The molecule has 2 amide bonds. The molecule has 322 valence electrons. The first kappa shape index (κ1) is 45.8. The highest BCUT2D eigenvalue weighted by atomic mass is 32.2. The Morgan fingerprint density at radius 2 is 1.63 bits per heavy atom. The Morgan fingerprint density at radius 3 is 2.25 bits per heavy atom. The summed E-state index contributed by atoms with van der Waals surface area (Å²) in [5.41, 5.74) is -0.525. The van der Waals surface area contributed by atoms with Gasteiger partial charge in [-0.1, -0.05) is 71.1 Å². The zero-order valence-electron chi connectivity index (χ0n) is 34.5. The van der Waals surface area contributed by atoms with Gasteiger partial charge in [0, 0.05) is 82.6 Å². The number of nitrogens with zero attached hydrogens (tertiary/aromatic N) is 3. The first-order chi connectivity index (χ1) is 27.8. The number of thioether (sulfide) groups is 2. The second-order valence-electron chi connectivity index (χ2n) is 17.6. The van der Waals surface area contributed by atoms with Crippen molar-refractivity contribution >= 4 is 74.6 Å². The largest absolute Gasteiger partial charge is 0.369 e. The van der Waals surface area contributed by atoms with E-state index in [2.05, 4.69) is 15.2 Å². The molecule has 0 aliphatic carbocycles. The van der Waals surface area contributed by atoms with Crippen LogP contribution < -0.4 is 5.32 Å². The van der Waals surface area contributed by atoms with Gasteiger partial charge in [-0.25, -0.2) is 8.78 Å². The molecule has 59 heavy (non-hydrogen) atoms. The van der Waals surface area contributed by atoms with Gasteiger partial charge in [-0.15, -0.1) is 11.3 Å². The van der Waals surface area contributed by atoms with Crippen molar-refractivity contribution in [1.29, 1.82) is 0 Å². The van der Waals surface area contributed by atoms with Crippen LogP contribution in [0.3, 0.4) is 0 Å². The van der Waals surface area contributed by atoms with Crippen LogP contribution in [0.4, 0.5) is 8.78 Å². The lowest BCUT2D eigenvalue weighted by Crippen LogP contribution is -2.55. The molecule has 0 spiro atoms. The molecule has 5 heterocycles. The van der Waals surface area contributed by atoms with Crippen molar-refractivity contribution in [3.63, 3.8) is 0 Å². The van der Waals surface area contributed by atoms with E-state index >= 15 is 4.39 Å². The molecule has 0 bridgehead atoms. The highest BCUT2D eigenvalue weighted by Crippen LogP contribution is 2.62. The van der Waals surface area contributed by atoms with E-state index in [4.69, 9.17) is 9.05 Å². The minimum atomic E-state index is -4.45. The zero-order valence-corrected chi connectivity index (χ0v) is 37.9. The molecule has 2 unspecified atom stereocenters. The van der Waals surface area contributed by atoms with Gasteiger partial charge in [0.15, 0.2) is 10.2 Å². The molecule has 0 radical (unpaired) electrons. The number of carbonyl (C=O) groups is 4. The van der Waals surface area contributed by atoms with E-state index in [1.165, 1.54) is 35.7 Å². The third-order valence-corrected chi connectivity index (χ3v) is 16.4. The molecule has 11 nitrogen and oxygen atoms in total. The highest BCUT2D eigenvalue weighted by Gasteiger charge is 2.44. The SMILES string of the molecule is CC(C)(C)C(=O)SCCOP(=O)(OCCSC(=O)C(C)(C)C)C(F)c1ccc2sc(C(=O)N[C@H]3CCCC4CC[C@@H](CN5CC(c6cnccc6F)C5)N4C3=O)cc2c1. The average molecular weight is 893 g/mol. The molecular weight excluding hydrogens is 838 g/mol. The number of hydrogen-bond donors (Lipinski definition) is 1. The number of amides is 2. The maximum atomic E-state index is 16.4. The van der Waals surface area contributed by atoms with E-state index in [0.29, 0.717) is 46.6 Å². The lowest BCUT2D eigenvalue weighted by atomic mass is 9.91. The van der Waals surface area contributed by atoms with Crippen molar-refractivity contribution in [2.75, 3.05) is 44.4 Å². The minimum Gasteiger partial charge on any atom is -0.340 e. The Balaban J connectivity index is 1.09. The van der Waals surface area contributed by atoms with Crippen molar-refractivity contribution in [3.8, 4) is 0 Å². The van der Waals surface area contributed by atoms with Gasteiger partial charge in [0.2, 0.25) is 11.8 Å². The number of benzene rings is 1. The van der Waals surface area contributed by atoms with Gasteiger partial charge in [0.25, 0.3) is 5.91 Å². The number of carbonyl (C=O) groups excluding carboxylic acids is 4. The van der Waals surface area contributed by atoms with Crippen LogP contribution in [0.5, 0.6) is 0 Å². The fourth-order valence-corrected chi connectivity index (χ4v) is 11.9. The smallest absolute Gasteiger partial charge is 0.340 e. The maximum Gasteiger partial charge on any atom is 0.369 e. The number of hydrogen-bond acceptors (Lipinski definition) is 12. The zero-order chi connectivity index (χ0) is 42.7. The van der Waals surface area contributed by atoms with Gasteiger partial charge in [-0.3, -0.25) is 33.6 Å². The number of pyridine rings is 1. The number of nitrogens with one attached hydrogen (secondary N) is 1. The Morgan fingerprint density at radius 1 is 0.966 bits per heavy atom. The summed E-state index contributed by atoms with van der Waals surface area (Å²) in [6, 6.07) is 7.12. The molecule has 3 aliphatic rings. The molecule has 3 fully saturated rings. The summed E-state index contributed by atoms with van der Waals surface area (Å²) in [5.74, 6) is -2.54. The molecule has 3 saturated heterocycles. The average Bonchev–Trinajstić information content (AvgIpc) is 3.74. The van der Waals surface area contributed by atoms with E-state index in [9.17, 15) is 28.1 Å². The van der Waals surface area contributed by atoms with Gasteiger partial charge in [0.05, 0.1) is 18.1 Å². The van der Waals surface area contributed by atoms with Crippen LogP contribution in [0.15, 0.2) is 42.7 Å². The van der Waals surface area contributed by atoms with E-state index in [1.807, 2.05) is 4.90 Å². The molecule has 6 rings (SSSR count). The third-order valence-electron chi connectivity index (χ3n) is 10.9. The highest BCUT2D eigenvalue weighted by molar-refractivity contribution is 8.14. The van der Waals surface area contributed by atoms with Crippen molar-refractivity contribution in [2.24, 2.45) is 10.8 Å². The van der Waals surface area contributed by atoms with E-state index in [1.54, 1.807) is 59.9 Å².